The maximum absolute atomic E-state index is 9.08. The van der Waals surface area contributed by atoms with Crippen LogP contribution in [0.3, 0.4) is 0 Å². The highest BCUT2D eigenvalue weighted by Crippen LogP contribution is 2.25. The van der Waals surface area contributed by atoms with Crippen molar-refractivity contribution < 1.29 is 10.2 Å². The van der Waals surface area contributed by atoms with Gasteiger partial charge in [0, 0.05) is 6.54 Å². The van der Waals surface area contributed by atoms with E-state index >= 15 is 0 Å². The first-order valence-corrected chi connectivity index (χ1v) is 5.82. The van der Waals surface area contributed by atoms with Crippen LogP contribution in [-0.4, -0.2) is 36.0 Å². The van der Waals surface area contributed by atoms with Crippen LogP contribution < -0.4 is 5.32 Å². The van der Waals surface area contributed by atoms with Crippen LogP contribution in [0.15, 0.2) is 0 Å². The van der Waals surface area contributed by atoms with Crippen LogP contribution >= 0.6 is 0 Å². The quantitative estimate of drug-likeness (QED) is 0.560. The summed E-state index contributed by atoms with van der Waals surface area (Å²) in [6, 6.07) is 0. The van der Waals surface area contributed by atoms with E-state index in [9.17, 15) is 0 Å². The van der Waals surface area contributed by atoms with Gasteiger partial charge in [0.1, 0.15) is 0 Å². The van der Waals surface area contributed by atoms with Crippen molar-refractivity contribution in [3.8, 4) is 0 Å². The molecule has 1 saturated carbocycles. The van der Waals surface area contributed by atoms with Crippen molar-refractivity contribution in [2.24, 2.45) is 5.92 Å². The van der Waals surface area contributed by atoms with Gasteiger partial charge in [0.05, 0.1) is 12.7 Å². The number of hydrogen-bond acceptors (Lipinski definition) is 3. The Hall–Kier alpha value is -0.120. The number of nitrogens with one attached hydrogen (secondary N) is 1. The van der Waals surface area contributed by atoms with Crippen LogP contribution in [0.1, 0.15) is 38.5 Å². The summed E-state index contributed by atoms with van der Waals surface area (Å²) in [6.45, 7) is 1.35. The van der Waals surface area contributed by atoms with Gasteiger partial charge in [-0.05, 0) is 18.9 Å². The summed E-state index contributed by atoms with van der Waals surface area (Å²) in [6.07, 6.45) is 7.58. The van der Waals surface area contributed by atoms with E-state index in [1.165, 1.54) is 38.5 Å². The van der Waals surface area contributed by atoms with E-state index in [1.807, 2.05) is 0 Å². The van der Waals surface area contributed by atoms with Crippen LogP contribution in [0.2, 0.25) is 0 Å². The molecule has 14 heavy (non-hydrogen) atoms. The molecule has 1 atom stereocenters. The minimum absolute atomic E-state index is 0.142. The molecule has 3 heteroatoms. The van der Waals surface area contributed by atoms with E-state index in [4.69, 9.17) is 10.2 Å². The molecule has 1 fully saturated rings. The fourth-order valence-corrected chi connectivity index (χ4v) is 2.12. The molecule has 1 aliphatic carbocycles. The lowest BCUT2D eigenvalue weighted by Gasteiger charge is -2.21. The Morgan fingerprint density at radius 2 is 1.93 bits per heavy atom. The number of aliphatic hydroxyl groups excluding tert-OH is 2. The topological polar surface area (TPSA) is 52.5 Å². The third-order valence-corrected chi connectivity index (χ3v) is 3.04. The van der Waals surface area contributed by atoms with Gasteiger partial charge in [-0.3, -0.25) is 0 Å². The Balaban J connectivity index is 1.92. The zero-order valence-electron chi connectivity index (χ0n) is 8.91. The van der Waals surface area contributed by atoms with E-state index in [0.717, 1.165) is 12.5 Å². The average molecular weight is 201 g/mol. The van der Waals surface area contributed by atoms with Crippen molar-refractivity contribution in [1.29, 1.82) is 0 Å². The number of aliphatic hydroxyl groups is 2. The normalized spacial score (nSPS) is 21.0. The Labute approximate surface area is 86.5 Å². The van der Waals surface area contributed by atoms with E-state index < -0.39 is 6.10 Å². The smallest absolute Gasteiger partial charge is 0.0894 e. The summed E-state index contributed by atoms with van der Waals surface area (Å²) in [4.78, 5) is 0. The molecular weight excluding hydrogens is 178 g/mol. The standard InChI is InChI=1S/C11H23NO2/c13-9-11(14)8-12-7-6-10-4-2-1-3-5-10/h10-14H,1-9H2/t11-/m0/s1. The first-order chi connectivity index (χ1) is 6.83. The van der Waals surface area contributed by atoms with Crippen molar-refractivity contribution in [2.45, 2.75) is 44.6 Å². The Morgan fingerprint density at radius 3 is 2.57 bits per heavy atom. The molecular formula is C11H23NO2. The summed E-state index contributed by atoms with van der Waals surface area (Å²) >= 11 is 0. The summed E-state index contributed by atoms with van der Waals surface area (Å²) in [7, 11) is 0. The van der Waals surface area contributed by atoms with Crippen LogP contribution in [-0.2, 0) is 0 Å². The molecule has 0 radical (unpaired) electrons. The second kappa shape index (κ2) is 7.21. The third-order valence-electron chi connectivity index (χ3n) is 3.04. The second-order valence-corrected chi connectivity index (χ2v) is 4.33. The van der Waals surface area contributed by atoms with Gasteiger partial charge in [-0.2, -0.15) is 0 Å². The third kappa shape index (κ3) is 4.94. The van der Waals surface area contributed by atoms with Crippen LogP contribution in [0.5, 0.6) is 0 Å². The number of hydrogen-bond donors (Lipinski definition) is 3. The van der Waals surface area contributed by atoms with Crippen LogP contribution in [0, 0.1) is 5.92 Å². The molecule has 0 amide bonds. The van der Waals surface area contributed by atoms with Gasteiger partial charge >= 0.3 is 0 Å². The van der Waals surface area contributed by atoms with E-state index in [-0.39, 0.29) is 6.61 Å². The Bertz CT molecular complexity index is 135. The highest BCUT2D eigenvalue weighted by molar-refractivity contribution is 4.67. The van der Waals surface area contributed by atoms with Crippen molar-refractivity contribution in [3.63, 3.8) is 0 Å². The molecule has 0 saturated heterocycles. The predicted octanol–water partition coefficient (Wildman–Crippen LogP) is 0.900. The van der Waals surface area contributed by atoms with Crippen molar-refractivity contribution >= 4 is 0 Å². The minimum atomic E-state index is -0.596. The highest BCUT2D eigenvalue weighted by Gasteiger charge is 2.12. The van der Waals surface area contributed by atoms with Gasteiger partial charge in [-0.1, -0.05) is 32.1 Å². The summed E-state index contributed by atoms with van der Waals surface area (Å²) in [5, 5.41) is 20.8. The lowest BCUT2D eigenvalue weighted by Crippen LogP contribution is -2.30. The summed E-state index contributed by atoms with van der Waals surface area (Å²) in [5.74, 6) is 0.891. The lowest BCUT2D eigenvalue weighted by atomic mass is 9.87. The molecule has 0 aromatic heterocycles. The molecule has 0 heterocycles. The van der Waals surface area contributed by atoms with Gasteiger partial charge < -0.3 is 15.5 Å². The van der Waals surface area contributed by atoms with E-state index in [1.54, 1.807) is 0 Å². The molecule has 0 spiro atoms. The molecule has 0 unspecified atom stereocenters. The molecule has 0 aliphatic heterocycles. The first kappa shape index (κ1) is 12.0. The van der Waals surface area contributed by atoms with Gasteiger partial charge in [-0.15, -0.1) is 0 Å². The second-order valence-electron chi connectivity index (χ2n) is 4.33. The highest BCUT2D eigenvalue weighted by atomic mass is 16.3. The fraction of sp³-hybridized carbons (Fsp3) is 1.00. The van der Waals surface area contributed by atoms with E-state index in [0.29, 0.717) is 6.54 Å². The SMILES string of the molecule is OC[C@@H](O)CNCCC1CCCCC1. The summed E-state index contributed by atoms with van der Waals surface area (Å²) in [5.41, 5.74) is 0. The molecule has 3 N–H and O–H groups in total. The first-order valence-electron chi connectivity index (χ1n) is 5.82. The van der Waals surface area contributed by atoms with Crippen LogP contribution in [0.25, 0.3) is 0 Å². The zero-order chi connectivity index (χ0) is 10.2. The molecule has 0 aromatic rings. The van der Waals surface area contributed by atoms with Gasteiger partial charge in [0.2, 0.25) is 0 Å². The largest absolute Gasteiger partial charge is 0.394 e. The van der Waals surface area contributed by atoms with Gasteiger partial charge in [0.25, 0.3) is 0 Å². The fourth-order valence-electron chi connectivity index (χ4n) is 2.12. The molecule has 1 rings (SSSR count). The molecule has 1 aliphatic rings. The Morgan fingerprint density at radius 1 is 1.21 bits per heavy atom. The van der Waals surface area contributed by atoms with Crippen molar-refractivity contribution in [3.05, 3.63) is 0 Å². The lowest BCUT2D eigenvalue weighted by molar-refractivity contribution is 0.0941. The number of rotatable bonds is 6. The monoisotopic (exact) mass is 201 g/mol. The van der Waals surface area contributed by atoms with Gasteiger partial charge in [-0.25, -0.2) is 0 Å². The molecule has 0 bridgehead atoms. The predicted molar refractivity (Wildman–Crippen MR) is 57.2 cm³/mol. The summed E-state index contributed by atoms with van der Waals surface area (Å²) < 4.78 is 0. The average Bonchev–Trinajstić information content (AvgIpc) is 2.25. The van der Waals surface area contributed by atoms with E-state index in [2.05, 4.69) is 5.32 Å². The molecule has 84 valence electrons. The maximum atomic E-state index is 9.08. The molecule has 0 aromatic carbocycles. The van der Waals surface area contributed by atoms with Crippen molar-refractivity contribution in [2.75, 3.05) is 19.7 Å². The van der Waals surface area contributed by atoms with Crippen molar-refractivity contribution in [1.82, 2.24) is 5.32 Å². The van der Waals surface area contributed by atoms with Crippen LogP contribution in [0.4, 0.5) is 0 Å². The Kier molecular flexibility index (Phi) is 6.15. The molecule has 3 nitrogen and oxygen atoms in total. The van der Waals surface area contributed by atoms with Gasteiger partial charge in [0.15, 0.2) is 0 Å². The minimum Gasteiger partial charge on any atom is -0.394 e. The maximum Gasteiger partial charge on any atom is 0.0894 e. The zero-order valence-corrected chi connectivity index (χ0v) is 8.91.